The van der Waals surface area contributed by atoms with Gasteiger partial charge in [0.1, 0.15) is 0 Å². The monoisotopic (exact) mass is 291 g/mol. The first-order chi connectivity index (χ1) is 10.2. The molecule has 1 aromatic rings. The molecule has 2 aliphatic rings. The first-order valence-corrected chi connectivity index (χ1v) is 8.63. The lowest BCUT2D eigenvalue weighted by atomic mass is 9.81. The summed E-state index contributed by atoms with van der Waals surface area (Å²) in [7, 11) is 2.07. The van der Waals surface area contributed by atoms with Crippen LogP contribution in [-0.4, -0.2) is 28.5 Å². The fraction of sp³-hybridized carbons (Fsp3) is 0.824. The van der Waals surface area contributed by atoms with Crippen molar-refractivity contribution in [2.24, 2.45) is 13.0 Å². The first kappa shape index (κ1) is 15.0. The summed E-state index contributed by atoms with van der Waals surface area (Å²) in [5.74, 6) is 0.727. The maximum Gasteiger partial charge on any atom is 0.0669 e. The van der Waals surface area contributed by atoms with Crippen LogP contribution in [0.1, 0.15) is 56.5 Å². The van der Waals surface area contributed by atoms with E-state index in [0.717, 1.165) is 31.9 Å². The van der Waals surface area contributed by atoms with Crippen LogP contribution >= 0.6 is 0 Å². The van der Waals surface area contributed by atoms with Gasteiger partial charge in [0.2, 0.25) is 0 Å². The van der Waals surface area contributed by atoms with Gasteiger partial charge < -0.3 is 10.1 Å². The fourth-order valence-electron chi connectivity index (χ4n) is 4.26. The highest BCUT2D eigenvalue weighted by molar-refractivity contribution is 5.26. The second-order valence-corrected chi connectivity index (χ2v) is 6.48. The van der Waals surface area contributed by atoms with E-state index in [9.17, 15) is 0 Å². The van der Waals surface area contributed by atoms with E-state index < -0.39 is 0 Å². The molecule has 0 radical (unpaired) electrons. The van der Waals surface area contributed by atoms with Crippen molar-refractivity contribution < 1.29 is 4.74 Å². The zero-order valence-corrected chi connectivity index (χ0v) is 13.7. The summed E-state index contributed by atoms with van der Waals surface area (Å²) >= 11 is 0. The smallest absolute Gasteiger partial charge is 0.0669 e. The number of hydrogen-bond acceptors (Lipinski definition) is 3. The lowest BCUT2D eigenvalue weighted by molar-refractivity contribution is 0.0529. The summed E-state index contributed by atoms with van der Waals surface area (Å²) in [6.07, 6.45) is 7.68. The molecule has 0 unspecified atom stereocenters. The Bertz CT molecular complexity index is 483. The van der Waals surface area contributed by atoms with Crippen molar-refractivity contribution in [2.45, 2.75) is 71.1 Å². The van der Waals surface area contributed by atoms with Crippen LogP contribution in [0.5, 0.6) is 0 Å². The quantitative estimate of drug-likeness (QED) is 0.906. The minimum Gasteiger partial charge on any atom is -0.378 e. The van der Waals surface area contributed by atoms with Gasteiger partial charge in [-0.3, -0.25) is 4.68 Å². The van der Waals surface area contributed by atoms with Crippen molar-refractivity contribution in [3.63, 3.8) is 0 Å². The zero-order chi connectivity index (χ0) is 14.8. The molecule has 0 spiro atoms. The Kier molecular flexibility index (Phi) is 4.65. The molecule has 1 aliphatic carbocycles. The molecule has 21 heavy (non-hydrogen) atoms. The number of aromatic nitrogens is 2. The molecule has 3 atom stereocenters. The largest absolute Gasteiger partial charge is 0.378 e. The Morgan fingerprint density at radius 1 is 1.24 bits per heavy atom. The molecule has 2 fully saturated rings. The van der Waals surface area contributed by atoms with Gasteiger partial charge in [-0.25, -0.2) is 0 Å². The van der Waals surface area contributed by atoms with Crippen LogP contribution < -0.4 is 5.32 Å². The second-order valence-electron chi connectivity index (χ2n) is 6.48. The number of fused-ring (bicyclic) bond motifs is 1. The lowest BCUT2D eigenvalue weighted by Gasteiger charge is -2.33. The summed E-state index contributed by atoms with van der Waals surface area (Å²) in [6, 6.07) is 0.626. The molecule has 1 aromatic heterocycles. The van der Waals surface area contributed by atoms with Gasteiger partial charge in [-0.1, -0.05) is 13.8 Å². The van der Waals surface area contributed by atoms with Gasteiger partial charge in [0.15, 0.2) is 0 Å². The van der Waals surface area contributed by atoms with E-state index in [2.05, 4.69) is 36.0 Å². The van der Waals surface area contributed by atoms with Crippen molar-refractivity contribution in [2.75, 3.05) is 6.61 Å². The molecule has 0 amide bonds. The Balaban J connectivity index is 1.69. The van der Waals surface area contributed by atoms with Crippen LogP contribution in [0.15, 0.2) is 0 Å². The Hall–Kier alpha value is -0.870. The Labute approximate surface area is 128 Å². The van der Waals surface area contributed by atoms with Gasteiger partial charge in [0, 0.05) is 43.4 Å². The molecule has 0 aromatic carbocycles. The predicted molar refractivity (Wildman–Crippen MR) is 84.3 cm³/mol. The van der Waals surface area contributed by atoms with E-state index in [1.165, 1.54) is 42.6 Å². The van der Waals surface area contributed by atoms with Crippen LogP contribution in [0, 0.1) is 5.92 Å². The average molecular weight is 291 g/mol. The number of nitrogens with one attached hydrogen (secondary N) is 1. The number of rotatable bonds is 5. The molecule has 3 rings (SSSR count). The van der Waals surface area contributed by atoms with Crippen LogP contribution in [0.2, 0.25) is 0 Å². The van der Waals surface area contributed by atoms with Gasteiger partial charge in [-0.15, -0.1) is 0 Å². The van der Waals surface area contributed by atoms with Crippen LogP contribution in [-0.2, 0) is 31.2 Å². The summed E-state index contributed by atoms with van der Waals surface area (Å²) in [6.45, 7) is 6.35. The summed E-state index contributed by atoms with van der Waals surface area (Å²) in [4.78, 5) is 0. The number of hydrogen-bond donors (Lipinski definition) is 1. The third kappa shape index (κ3) is 2.88. The molecule has 1 saturated heterocycles. The molecule has 1 saturated carbocycles. The SMILES string of the molecule is CCc1nn(C)c(CC)c1CN[C@@H]1CCC[C@H]2OCC[C@@H]12. The molecule has 2 heterocycles. The maximum absolute atomic E-state index is 5.88. The van der Waals surface area contributed by atoms with E-state index in [0.29, 0.717) is 12.1 Å². The highest BCUT2D eigenvalue weighted by atomic mass is 16.5. The summed E-state index contributed by atoms with van der Waals surface area (Å²) in [5, 5.41) is 8.52. The third-order valence-electron chi connectivity index (χ3n) is 5.35. The molecule has 4 nitrogen and oxygen atoms in total. The third-order valence-corrected chi connectivity index (χ3v) is 5.35. The number of ether oxygens (including phenoxy) is 1. The molecule has 4 heteroatoms. The fourth-order valence-corrected chi connectivity index (χ4v) is 4.26. The number of aryl methyl sites for hydroxylation is 2. The molecular weight excluding hydrogens is 262 g/mol. The van der Waals surface area contributed by atoms with Gasteiger partial charge in [0.25, 0.3) is 0 Å². The highest BCUT2D eigenvalue weighted by Gasteiger charge is 2.37. The Morgan fingerprint density at radius 3 is 2.86 bits per heavy atom. The van der Waals surface area contributed by atoms with Gasteiger partial charge >= 0.3 is 0 Å². The molecule has 1 aliphatic heterocycles. The zero-order valence-electron chi connectivity index (χ0n) is 13.7. The van der Waals surface area contributed by atoms with Gasteiger partial charge in [0.05, 0.1) is 11.8 Å². The molecule has 0 bridgehead atoms. The highest BCUT2D eigenvalue weighted by Crippen LogP contribution is 2.34. The van der Waals surface area contributed by atoms with Crippen molar-refractivity contribution >= 4 is 0 Å². The second kappa shape index (κ2) is 6.49. The normalized spacial score (nSPS) is 28.8. The number of nitrogens with zero attached hydrogens (tertiary/aromatic N) is 2. The van der Waals surface area contributed by atoms with Crippen molar-refractivity contribution in [3.05, 3.63) is 17.0 Å². The Morgan fingerprint density at radius 2 is 2.10 bits per heavy atom. The van der Waals surface area contributed by atoms with E-state index >= 15 is 0 Å². The molecule has 1 N–H and O–H groups in total. The van der Waals surface area contributed by atoms with E-state index in [1.54, 1.807) is 0 Å². The van der Waals surface area contributed by atoms with E-state index in [1.807, 2.05) is 0 Å². The predicted octanol–water partition coefficient (Wildman–Crippen LogP) is 2.59. The van der Waals surface area contributed by atoms with Gasteiger partial charge in [-0.05, 0) is 38.5 Å². The molecule has 118 valence electrons. The van der Waals surface area contributed by atoms with Crippen LogP contribution in [0.3, 0.4) is 0 Å². The first-order valence-electron chi connectivity index (χ1n) is 8.63. The van der Waals surface area contributed by atoms with Crippen molar-refractivity contribution in [3.8, 4) is 0 Å². The summed E-state index contributed by atoms with van der Waals surface area (Å²) in [5.41, 5.74) is 4.08. The van der Waals surface area contributed by atoms with Crippen LogP contribution in [0.25, 0.3) is 0 Å². The standard InChI is InChI=1S/C17H29N3O/c1-4-14-13(16(5-2)20(3)19-14)11-18-15-7-6-8-17-12(15)9-10-21-17/h12,15,17-18H,4-11H2,1-3H3/t12-,15+,17+/m0/s1. The topological polar surface area (TPSA) is 39.1 Å². The van der Waals surface area contributed by atoms with E-state index in [-0.39, 0.29) is 0 Å². The van der Waals surface area contributed by atoms with Crippen molar-refractivity contribution in [1.29, 1.82) is 0 Å². The minimum atomic E-state index is 0.515. The maximum atomic E-state index is 5.88. The molecular formula is C17H29N3O. The van der Waals surface area contributed by atoms with Crippen molar-refractivity contribution in [1.82, 2.24) is 15.1 Å². The lowest BCUT2D eigenvalue weighted by Crippen LogP contribution is -2.42. The van der Waals surface area contributed by atoms with E-state index in [4.69, 9.17) is 4.74 Å². The van der Waals surface area contributed by atoms with Gasteiger partial charge in [-0.2, -0.15) is 5.10 Å². The van der Waals surface area contributed by atoms with Crippen LogP contribution in [0.4, 0.5) is 0 Å². The summed E-state index contributed by atoms with van der Waals surface area (Å²) < 4.78 is 7.94. The average Bonchev–Trinajstić information content (AvgIpc) is 3.08. The minimum absolute atomic E-state index is 0.515.